The molecule has 1 heterocycles. The Morgan fingerprint density at radius 1 is 1.53 bits per heavy atom. The Morgan fingerprint density at radius 2 is 2.32 bits per heavy atom. The number of carbonyl (C=O) groups is 1. The van der Waals surface area contributed by atoms with E-state index >= 15 is 0 Å². The minimum Gasteiger partial charge on any atom is -0.508 e. The van der Waals surface area contributed by atoms with Crippen molar-refractivity contribution >= 4 is 21.9 Å². The quantitative estimate of drug-likeness (QED) is 0.881. The average molecular weight is 330 g/mol. The minimum absolute atomic E-state index is 0.0148. The number of phenolic OH excluding ortho intramolecular Hbond substituents is 1. The van der Waals surface area contributed by atoms with Crippen molar-refractivity contribution < 1.29 is 19.7 Å². The van der Waals surface area contributed by atoms with Crippen LogP contribution in [0.2, 0.25) is 0 Å². The molecule has 1 aromatic rings. The highest BCUT2D eigenvalue weighted by Gasteiger charge is 2.23. The van der Waals surface area contributed by atoms with Crippen molar-refractivity contribution in [2.75, 3.05) is 19.7 Å². The molecular formula is C13H16BrNO4. The summed E-state index contributed by atoms with van der Waals surface area (Å²) in [6, 6.07) is 5.30. The standard InChI is InChI=1S/C13H16BrNO4/c14-10-1-2-12(16)9(5-10)7-15-3-4-19-11(8-15)6-13(17)18/h1-2,5,11,16H,3-4,6-8H2,(H,17,18). The molecule has 2 N–H and O–H groups in total. The van der Waals surface area contributed by atoms with Gasteiger partial charge in [0.15, 0.2) is 0 Å². The van der Waals surface area contributed by atoms with Crippen molar-refractivity contribution in [3.8, 4) is 5.75 Å². The lowest BCUT2D eigenvalue weighted by Crippen LogP contribution is -2.42. The third-order valence-electron chi connectivity index (χ3n) is 3.06. The Hall–Kier alpha value is -1.11. The molecule has 5 nitrogen and oxygen atoms in total. The van der Waals surface area contributed by atoms with Gasteiger partial charge in [-0.2, -0.15) is 0 Å². The maximum Gasteiger partial charge on any atom is 0.306 e. The van der Waals surface area contributed by atoms with E-state index in [0.717, 1.165) is 16.6 Å². The Balaban J connectivity index is 1.98. The second-order valence-electron chi connectivity index (χ2n) is 4.60. The van der Waals surface area contributed by atoms with Crippen molar-refractivity contribution in [1.29, 1.82) is 0 Å². The monoisotopic (exact) mass is 329 g/mol. The number of hydrogen-bond donors (Lipinski definition) is 2. The molecule has 1 fully saturated rings. The molecule has 19 heavy (non-hydrogen) atoms. The summed E-state index contributed by atoms with van der Waals surface area (Å²) < 4.78 is 6.33. The van der Waals surface area contributed by atoms with Crippen molar-refractivity contribution in [1.82, 2.24) is 4.90 Å². The number of aliphatic carboxylic acids is 1. The number of phenols is 1. The number of carboxylic acids is 1. The number of nitrogens with zero attached hydrogens (tertiary/aromatic N) is 1. The average Bonchev–Trinajstić information content (AvgIpc) is 2.33. The molecule has 1 unspecified atom stereocenters. The number of aromatic hydroxyl groups is 1. The molecule has 1 atom stereocenters. The predicted molar refractivity (Wildman–Crippen MR) is 73.1 cm³/mol. The second kappa shape index (κ2) is 6.36. The first-order chi connectivity index (χ1) is 9.04. The fourth-order valence-corrected chi connectivity index (χ4v) is 2.57. The fourth-order valence-electron chi connectivity index (χ4n) is 2.16. The molecule has 0 radical (unpaired) electrons. The van der Waals surface area contributed by atoms with Crippen LogP contribution in [0.3, 0.4) is 0 Å². The van der Waals surface area contributed by atoms with Crippen LogP contribution in [-0.4, -0.2) is 46.9 Å². The smallest absolute Gasteiger partial charge is 0.306 e. The number of hydrogen-bond acceptors (Lipinski definition) is 4. The zero-order chi connectivity index (χ0) is 13.8. The van der Waals surface area contributed by atoms with Crippen molar-refractivity contribution in [3.05, 3.63) is 28.2 Å². The van der Waals surface area contributed by atoms with E-state index < -0.39 is 5.97 Å². The molecule has 0 aromatic heterocycles. The normalized spacial score (nSPS) is 20.4. The van der Waals surface area contributed by atoms with Crippen LogP contribution in [0, 0.1) is 0 Å². The van der Waals surface area contributed by atoms with Crippen LogP contribution in [0.4, 0.5) is 0 Å². The molecule has 1 aliphatic heterocycles. The number of carboxylic acid groups (broad SMARTS) is 1. The van der Waals surface area contributed by atoms with E-state index in [1.54, 1.807) is 12.1 Å². The maximum atomic E-state index is 10.7. The molecule has 0 aliphatic carbocycles. The summed E-state index contributed by atoms with van der Waals surface area (Å²) in [6.45, 7) is 2.41. The first-order valence-corrected chi connectivity index (χ1v) is 6.87. The van der Waals surface area contributed by atoms with E-state index in [-0.39, 0.29) is 18.3 Å². The minimum atomic E-state index is -0.850. The zero-order valence-electron chi connectivity index (χ0n) is 10.4. The topological polar surface area (TPSA) is 70.0 Å². The molecule has 1 saturated heterocycles. The Kier molecular flexibility index (Phi) is 4.79. The van der Waals surface area contributed by atoms with Gasteiger partial charge in [-0.15, -0.1) is 0 Å². The molecule has 1 aromatic carbocycles. The summed E-state index contributed by atoms with van der Waals surface area (Å²) >= 11 is 3.37. The van der Waals surface area contributed by atoms with Crippen LogP contribution < -0.4 is 0 Å². The Labute approximate surface area is 119 Å². The highest BCUT2D eigenvalue weighted by Crippen LogP contribution is 2.24. The lowest BCUT2D eigenvalue weighted by molar-refractivity contribution is -0.142. The predicted octanol–water partition coefficient (Wildman–Crippen LogP) is 1.83. The van der Waals surface area contributed by atoms with E-state index in [2.05, 4.69) is 20.8 Å². The molecule has 2 rings (SSSR count). The van der Waals surface area contributed by atoms with E-state index in [1.807, 2.05) is 6.07 Å². The van der Waals surface area contributed by atoms with Crippen LogP contribution >= 0.6 is 15.9 Å². The summed E-state index contributed by atoms with van der Waals surface area (Å²) in [5.41, 5.74) is 0.824. The van der Waals surface area contributed by atoms with E-state index in [0.29, 0.717) is 19.7 Å². The number of morpholine rings is 1. The summed E-state index contributed by atoms with van der Waals surface area (Å²) in [7, 11) is 0. The summed E-state index contributed by atoms with van der Waals surface area (Å²) in [4.78, 5) is 12.8. The molecular weight excluding hydrogens is 314 g/mol. The molecule has 0 amide bonds. The first kappa shape index (κ1) is 14.3. The van der Waals surface area contributed by atoms with E-state index in [9.17, 15) is 9.90 Å². The fraction of sp³-hybridized carbons (Fsp3) is 0.462. The summed E-state index contributed by atoms with van der Waals surface area (Å²) in [5.74, 6) is -0.596. The lowest BCUT2D eigenvalue weighted by Gasteiger charge is -2.32. The molecule has 0 saturated carbocycles. The van der Waals surface area contributed by atoms with Crippen LogP contribution in [0.15, 0.2) is 22.7 Å². The number of ether oxygens (including phenoxy) is 1. The molecule has 0 spiro atoms. The van der Waals surface area contributed by atoms with Crippen LogP contribution in [-0.2, 0) is 16.1 Å². The third kappa shape index (κ3) is 4.19. The van der Waals surface area contributed by atoms with Crippen LogP contribution in [0.25, 0.3) is 0 Å². The molecule has 0 bridgehead atoms. The Bertz CT molecular complexity index is 466. The van der Waals surface area contributed by atoms with E-state index in [1.165, 1.54) is 0 Å². The second-order valence-corrected chi connectivity index (χ2v) is 5.51. The van der Waals surface area contributed by atoms with Crippen molar-refractivity contribution in [2.45, 2.75) is 19.1 Å². The number of benzene rings is 1. The van der Waals surface area contributed by atoms with Gasteiger partial charge in [-0.05, 0) is 18.2 Å². The SMILES string of the molecule is O=C(O)CC1CN(Cc2cc(Br)ccc2O)CCO1. The van der Waals surface area contributed by atoms with Gasteiger partial charge >= 0.3 is 5.97 Å². The van der Waals surface area contributed by atoms with Gasteiger partial charge in [0.1, 0.15) is 5.75 Å². The van der Waals surface area contributed by atoms with Gasteiger partial charge in [0.05, 0.1) is 19.1 Å². The number of rotatable bonds is 4. The van der Waals surface area contributed by atoms with Crippen molar-refractivity contribution in [3.63, 3.8) is 0 Å². The highest BCUT2D eigenvalue weighted by molar-refractivity contribution is 9.10. The van der Waals surface area contributed by atoms with Crippen LogP contribution in [0.1, 0.15) is 12.0 Å². The lowest BCUT2D eigenvalue weighted by atomic mass is 10.1. The van der Waals surface area contributed by atoms with Gasteiger partial charge in [-0.1, -0.05) is 15.9 Å². The van der Waals surface area contributed by atoms with Gasteiger partial charge < -0.3 is 14.9 Å². The molecule has 6 heteroatoms. The first-order valence-electron chi connectivity index (χ1n) is 6.08. The molecule has 104 valence electrons. The van der Waals surface area contributed by atoms with Crippen molar-refractivity contribution in [2.24, 2.45) is 0 Å². The van der Waals surface area contributed by atoms with Gasteiger partial charge in [0.25, 0.3) is 0 Å². The highest BCUT2D eigenvalue weighted by atomic mass is 79.9. The Morgan fingerprint density at radius 3 is 3.05 bits per heavy atom. The summed E-state index contributed by atoms with van der Waals surface area (Å²) in [5, 5.41) is 18.6. The van der Waals surface area contributed by atoms with Gasteiger partial charge in [0.2, 0.25) is 0 Å². The summed E-state index contributed by atoms with van der Waals surface area (Å²) in [6.07, 6.45) is -0.262. The van der Waals surface area contributed by atoms with Gasteiger partial charge in [-0.25, -0.2) is 0 Å². The van der Waals surface area contributed by atoms with Crippen LogP contribution in [0.5, 0.6) is 5.75 Å². The third-order valence-corrected chi connectivity index (χ3v) is 3.55. The van der Waals surface area contributed by atoms with E-state index in [4.69, 9.17) is 9.84 Å². The zero-order valence-corrected chi connectivity index (χ0v) is 12.0. The number of halogens is 1. The van der Waals surface area contributed by atoms with Gasteiger partial charge in [-0.3, -0.25) is 9.69 Å². The maximum absolute atomic E-state index is 10.7. The molecule has 1 aliphatic rings. The largest absolute Gasteiger partial charge is 0.508 e. The van der Waals surface area contributed by atoms with Gasteiger partial charge in [0, 0.05) is 29.7 Å².